The molecule has 3 N–H and O–H groups in total. The zero-order valence-corrected chi connectivity index (χ0v) is 12.6. The molecule has 0 aliphatic rings. The Labute approximate surface area is 119 Å². The molecule has 7 heteroatoms. The molecule has 0 aliphatic carbocycles. The van der Waals surface area contributed by atoms with Gasteiger partial charge in [-0.15, -0.1) is 12.4 Å². The van der Waals surface area contributed by atoms with Crippen molar-refractivity contribution in [3.63, 3.8) is 0 Å². The monoisotopic (exact) mass is 306 g/mol. The van der Waals surface area contributed by atoms with Crippen molar-refractivity contribution in [1.82, 2.24) is 0 Å². The summed E-state index contributed by atoms with van der Waals surface area (Å²) >= 11 is 0. The third kappa shape index (κ3) is 6.56. The smallest absolute Gasteiger partial charge is 0.228 e. The standard InChI is InChI=1S/C12H18N2O3S.ClH/c1-9(7-13)12(15)14-11-5-3-4-10(6-11)8-18(2,16)17;/h3-6,9H,7-8,13H2,1-2H3,(H,14,15);1H. The molecule has 0 aliphatic heterocycles. The van der Waals surface area contributed by atoms with Crippen LogP contribution in [0.3, 0.4) is 0 Å². The van der Waals surface area contributed by atoms with Crippen molar-refractivity contribution >= 4 is 33.8 Å². The van der Waals surface area contributed by atoms with E-state index >= 15 is 0 Å². The molecule has 19 heavy (non-hydrogen) atoms. The van der Waals surface area contributed by atoms with E-state index in [-0.39, 0.29) is 36.5 Å². The number of nitrogens with one attached hydrogen (secondary N) is 1. The van der Waals surface area contributed by atoms with Gasteiger partial charge in [0.2, 0.25) is 5.91 Å². The van der Waals surface area contributed by atoms with E-state index in [0.29, 0.717) is 11.3 Å². The molecule has 1 amide bonds. The Bertz CT molecular complexity index is 532. The van der Waals surface area contributed by atoms with Crippen LogP contribution in [0.25, 0.3) is 0 Å². The molecule has 1 aromatic rings. The number of hydrogen-bond donors (Lipinski definition) is 2. The highest BCUT2D eigenvalue weighted by Gasteiger charge is 2.11. The third-order valence-corrected chi connectivity index (χ3v) is 3.28. The number of benzene rings is 1. The van der Waals surface area contributed by atoms with Gasteiger partial charge in [0.25, 0.3) is 0 Å². The zero-order valence-electron chi connectivity index (χ0n) is 10.9. The van der Waals surface area contributed by atoms with Crippen LogP contribution in [0.5, 0.6) is 0 Å². The first-order valence-corrected chi connectivity index (χ1v) is 7.65. The summed E-state index contributed by atoms with van der Waals surface area (Å²) in [4.78, 5) is 11.6. The molecule has 0 fully saturated rings. The van der Waals surface area contributed by atoms with Crippen molar-refractivity contribution in [1.29, 1.82) is 0 Å². The highest BCUT2D eigenvalue weighted by Crippen LogP contribution is 2.13. The number of halogens is 1. The van der Waals surface area contributed by atoms with E-state index in [0.717, 1.165) is 0 Å². The van der Waals surface area contributed by atoms with Crippen molar-refractivity contribution < 1.29 is 13.2 Å². The van der Waals surface area contributed by atoms with Crippen LogP contribution in [0.15, 0.2) is 24.3 Å². The molecule has 0 radical (unpaired) electrons. The van der Waals surface area contributed by atoms with Crippen molar-refractivity contribution in [2.75, 3.05) is 18.1 Å². The summed E-state index contributed by atoms with van der Waals surface area (Å²) in [6.45, 7) is 2.00. The van der Waals surface area contributed by atoms with Crippen molar-refractivity contribution in [2.24, 2.45) is 11.7 Å². The van der Waals surface area contributed by atoms with Gasteiger partial charge in [-0.1, -0.05) is 19.1 Å². The average molecular weight is 307 g/mol. The first-order valence-electron chi connectivity index (χ1n) is 5.59. The van der Waals surface area contributed by atoms with Gasteiger partial charge < -0.3 is 11.1 Å². The van der Waals surface area contributed by atoms with Gasteiger partial charge in [0.15, 0.2) is 9.84 Å². The largest absolute Gasteiger partial charge is 0.330 e. The molecular weight excluding hydrogens is 288 g/mol. The minimum Gasteiger partial charge on any atom is -0.330 e. The molecule has 0 saturated carbocycles. The van der Waals surface area contributed by atoms with Gasteiger partial charge in [-0.05, 0) is 17.7 Å². The quantitative estimate of drug-likeness (QED) is 0.855. The lowest BCUT2D eigenvalue weighted by atomic mass is 10.1. The molecule has 0 heterocycles. The van der Waals surface area contributed by atoms with E-state index in [1.54, 1.807) is 31.2 Å². The maximum Gasteiger partial charge on any atom is 0.228 e. The molecular formula is C12H19ClN2O3S. The molecule has 1 rings (SSSR count). The lowest BCUT2D eigenvalue weighted by Crippen LogP contribution is -2.26. The van der Waals surface area contributed by atoms with Gasteiger partial charge in [-0.3, -0.25) is 4.79 Å². The first kappa shape index (κ1) is 17.9. The van der Waals surface area contributed by atoms with E-state index in [1.165, 1.54) is 6.26 Å². The maximum atomic E-state index is 11.6. The molecule has 1 aromatic carbocycles. The third-order valence-electron chi connectivity index (χ3n) is 2.42. The second-order valence-electron chi connectivity index (χ2n) is 4.40. The van der Waals surface area contributed by atoms with Gasteiger partial charge in [0.05, 0.1) is 5.75 Å². The molecule has 1 atom stereocenters. The minimum atomic E-state index is -3.08. The fraction of sp³-hybridized carbons (Fsp3) is 0.417. The van der Waals surface area contributed by atoms with Crippen LogP contribution in [0, 0.1) is 5.92 Å². The Hall–Kier alpha value is -1.11. The number of amides is 1. The van der Waals surface area contributed by atoms with Crippen molar-refractivity contribution in [2.45, 2.75) is 12.7 Å². The second kappa shape index (κ2) is 7.47. The topological polar surface area (TPSA) is 89.3 Å². The number of anilines is 1. The average Bonchev–Trinajstić information content (AvgIpc) is 2.26. The number of hydrogen-bond acceptors (Lipinski definition) is 4. The fourth-order valence-corrected chi connectivity index (χ4v) is 2.20. The van der Waals surface area contributed by atoms with Gasteiger partial charge in [0.1, 0.15) is 0 Å². The summed E-state index contributed by atoms with van der Waals surface area (Å²) in [6.07, 6.45) is 1.18. The Kier molecular flexibility index (Phi) is 7.04. The van der Waals surface area contributed by atoms with Crippen LogP contribution in [0.4, 0.5) is 5.69 Å². The van der Waals surface area contributed by atoms with Crippen LogP contribution < -0.4 is 11.1 Å². The van der Waals surface area contributed by atoms with Crippen LogP contribution in [0.1, 0.15) is 12.5 Å². The van der Waals surface area contributed by atoms with Gasteiger partial charge in [-0.25, -0.2) is 8.42 Å². The van der Waals surface area contributed by atoms with E-state index in [9.17, 15) is 13.2 Å². The Morgan fingerprint density at radius 2 is 2.05 bits per heavy atom. The summed E-state index contributed by atoms with van der Waals surface area (Å²) in [5.74, 6) is -0.485. The van der Waals surface area contributed by atoms with E-state index < -0.39 is 9.84 Å². The van der Waals surface area contributed by atoms with Gasteiger partial charge in [0, 0.05) is 24.4 Å². The van der Waals surface area contributed by atoms with Crippen LogP contribution in [-0.2, 0) is 20.4 Å². The first-order chi connectivity index (χ1) is 8.31. The van der Waals surface area contributed by atoms with Crippen LogP contribution >= 0.6 is 12.4 Å². The highest BCUT2D eigenvalue weighted by molar-refractivity contribution is 7.89. The van der Waals surface area contributed by atoms with Crippen molar-refractivity contribution in [3.05, 3.63) is 29.8 Å². The van der Waals surface area contributed by atoms with E-state index in [1.807, 2.05) is 0 Å². The lowest BCUT2D eigenvalue weighted by molar-refractivity contribution is -0.119. The number of nitrogens with two attached hydrogens (primary N) is 1. The Morgan fingerprint density at radius 1 is 1.42 bits per heavy atom. The molecule has 1 unspecified atom stereocenters. The summed E-state index contributed by atoms with van der Waals surface area (Å²) in [5, 5.41) is 2.71. The second-order valence-corrected chi connectivity index (χ2v) is 6.54. The lowest BCUT2D eigenvalue weighted by Gasteiger charge is -2.10. The Balaban J connectivity index is 0.00000324. The molecule has 0 saturated heterocycles. The molecule has 0 spiro atoms. The highest BCUT2D eigenvalue weighted by atomic mass is 35.5. The molecule has 5 nitrogen and oxygen atoms in total. The maximum absolute atomic E-state index is 11.6. The van der Waals surface area contributed by atoms with E-state index in [4.69, 9.17) is 5.73 Å². The summed E-state index contributed by atoms with van der Waals surface area (Å²) < 4.78 is 22.4. The Morgan fingerprint density at radius 3 is 2.58 bits per heavy atom. The number of carbonyl (C=O) groups excluding carboxylic acids is 1. The van der Waals surface area contributed by atoms with Crippen LogP contribution in [-0.4, -0.2) is 27.1 Å². The SMILES string of the molecule is CC(CN)C(=O)Nc1cccc(CS(C)(=O)=O)c1.Cl. The van der Waals surface area contributed by atoms with Crippen LogP contribution in [0.2, 0.25) is 0 Å². The normalized spacial score (nSPS) is 12.4. The van der Waals surface area contributed by atoms with Crippen molar-refractivity contribution in [3.8, 4) is 0 Å². The number of carbonyl (C=O) groups is 1. The fourth-order valence-electron chi connectivity index (χ4n) is 1.41. The molecule has 0 bridgehead atoms. The molecule has 108 valence electrons. The molecule has 0 aromatic heterocycles. The van der Waals surface area contributed by atoms with E-state index in [2.05, 4.69) is 5.32 Å². The van der Waals surface area contributed by atoms with Gasteiger partial charge in [-0.2, -0.15) is 0 Å². The number of sulfone groups is 1. The summed E-state index contributed by atoms with van der Waals surface area (Å²) in [5.41, 5.74) is 6.63. The predicted octanol–water partition coefficient (Wildman–Crippen LogP) is 1.19. The van der Waals surface area contributed by atoms with Gasteiger partial charge >= 0.3 is 0 Å². The summed E-state index contributed by atoms with van der Waals surface area (Å²) in [6, 6.07) is 6.79. The zero-order chi connectivity index (χ0) is 13.8. The summed E-state index contributed by atoms with van der Waals surface area (Å²) in [7, 11) is -3.08. The predicted molar refractivity (Wildman–Crippen MR) is 79.1 cm³/mol. The minimum absolute atomic E-state index is 0. The number of rotatable bonds is 5.